The Balaban J connectivity index is 1.95. The Bertz CT molecular complexity index is 717. The van der Waals surface area contributed by atoms with Gasteiger partial charge in [-0.3, -0.25) is 0 Å². The number of hydrogen-bond acceptors (Lipinski definition) is 4. The summed E-state index contributed by atoms with van der Waals surface area (Å²) in [5.41, 5.74) is 1.75. The summed E-state index contributed by atoms with van der Waals surface area (Å²) in [6.07, 6.45) is 2.11. The smallest absolute Gasteiger partial charge is 0.339 e. The average Bonchev–Trinajstić information content (AvgIpc) is 2.83. The zero-order chi connectivity index (χ0) is 15.0. The Labute approximate surface area is 122 Å². The summed E-state index contributed by atoms with van der Waals surface area (Å²) in [5.74, 6) is 0.0359. The third kappa shape index (κ3) is 2.35. The number of halogens is 1. The molecule has 0 bridgehead atoms. The maximum absolute atomic E-state index is 13.4. The molecular formula is C16H15FN2O2. The van der Waals surface area contributed by atoms with Crippen molar-refractivity contribution in [2.24, 2.45) is 0 Å². The number of aromatic nitrogens is 1. The first kappa shape index (κ1) is 13.5. The predicted molar refractivity (Wildman–Crippen MR) is 76.7 cm³/mol. The molecule has 5 heteroatoms. The molecule has 1 aliphatic rings. The summed E-state index contributed by atoms with van der Waals surface area (Å²) < 4.78 is 18.1. The van der Waals surface area contributed by atoms with Crippen LogP contribution in [0.4, 0.5) is 10.2 Å². The van der Waals surface area contributed by atoms with Crippen molar-refractivity contribution >= 4 is 11.8 Å². The number of nitrogens with one attached hydrogen (secondary N) is 1. The summed E-state index contributed by atoms with van der Waals surface area (Å²) in [4.78, 5) is 15.8. The third-order valence-corrected chi connectivity index (χ3v) is 3.79. The van der Waals surface area contributed by atoms with E-state index in [1.807, 2.05) is 13.0 Å². The first-order valence-electron chi connectivity index (χ1n) is 6.63. The van der Waals surface area contributed by atoms with Gasteiger partial charge in [-0.25, -0.2) is 14.2 Å². The maximum Gasteiger partial charge on any atom is 0.339 e. The Morgan fingerprint density at radius 3 is 2.95 bits per heavy atom. The van der Waals surface area contributed by atoms with Gasteiger partial charge in [0.15, 0.2) is 0 Å². The van der Waals surface area contributed by atoms with E-state index in [9.17, 15) is 9.18 Å². The van der Waals surface area contributed by atoms with E-state index < -0.39 is 11.5 Å². The van der Waals surface area contributed by atoms with Gasteiger partial charge in [0.25, 0.3) is 0 Å². The predicted octanol–water partition coefficient (Wildman–Crippen LogP) is 2.89. The van der Waals surface area contributed by atoms with Crippen LogP contribution in [0.2, 0.25) is 0 Å². The van der Waals surface area contributed by atoms with Crippen molar-refractivity contribution in [3.63, 3.8) is 0 Å². The van der Waals surface area contributed by atoms with Crippen molar-refractivity contribution in [1.29, 1.82) is 0 Å². The molecule has 0 saturated heterocycles. The van der Waals surface area contributed by atoms with Gasteiger partial charge in [-0.05, 0) is 36.2 Å². The molecule has 0 radical (unpaired) electrons. The van der Waals surface area contributed by atoms with E-state index in [0.29, 0.717) is 12.0 Å². The molecule has 2 heterocycles. The number of rotatable bonds is 2. The fourth-order valence-electron chi connectivity index (χ4n) is 2.68. The van der Waals surface area contributed by atoms with E-state index in [1.165, 1.54) is 25.4 Å². The topological polar surface area (TPSA) is 51.2 Å². The molecule has 2 aromatic rings. The Hall–Kier alpha value is -2.43. The monoisotopic (exact) mass is 286 g/mol. The maximum atomic E-state index is 13.4. The highest BCUT2D eigenvalue weighted by molar-refractivity contribution is 5.89. The number of nitrogens with zero attached hydrogens (tertiary/aromatic N) is 1. The van der Waals surface area contributed by atoms with Gasteiger partial charge in [0.05, 0.1) is 18.2 Å². The number of anilines is 1. The number of pyridine rings is 1. The van der Waals surface area contributed by atoms with Crippen LogP contribution in [0.15, 0.2) is 36.5 Å². The molecule has 1 aromatic heterocycles. The summed E-state index contributed by atoms with van der Waals surface area (Å²) in [6.45, 7) is 1.99. The van der Waals surface area contributed by atoms with Gasteiger partial charge >= 0.3 is 5.97 Å². The fourth-order valence-corrected chi connectivity index (χ4v) is 2.68. The number of carbonyl (C=O) groups excluding carboxylic acids is 1. The molecule has 3 rings (SSSR count). The van der Waals surface area contributed by atoms with Crippen molar-refractivity contribution in [1.82, 2.24) is 4.98 Å². The van der Waals surface area contributed by atoms with Crippen LogP contribution in [0.25, 0.3) is 0 Å². The molecule has 1 aromatic carbocycles. The van der Waals surface area contributed by atoms with Crippen molar-refractivity contribution in [3.05, 3.63) is 59.0 Å². The molecule has 0 aliphatic carbocycles. The van der Waals surface area contributed by atoms with Gasteiger partial charge in [-0.2, -0.15) is 0 Å². The molecular weight excluding hydrogens is 271 g/mol. The average molecular weight is 286 g/mol. The lowest BCUT2D eigenvalue weighted by atomic mass is 9.89. The number of fused-ring (bicyclic) bond motifs is 1. The SMILES string of the molecule is COC(=O)c1cnc2c(c1)CC(C)(c1cccc(F)c1)N2. The quantitative estimate of drug-likeness (QED) is 0.862. The van der Waals surface area contributed by atoms with E-state index in [1.54, 1.807) is 12.1 Å². The van der Waals surface area contributed by atoms with Crippen LogP contribution in [0.3, 0.4) is 0 Å². The summed E-state index contributed by atoms with van der Waals surface area (Å²) in [6, 6.07) is 8.27. The minimum Gasteiger partial charge on any atom is -0.465 e. The van der Waals surface area contributed by atoms with Gasteiger partial charge in [-0.15, -0.1) is 0 Å². The molecule has 4 nitrogen and oxygen atoms in total. The van der Waals surface area contributed by atoms with Gasteiger partial charge < -0.3 is 10.1 Å². The number of carbonyl (C=O) groups is 1. The highest BCUT2D eigenvalue weighted by atomic mass is 19.1. The lowest BCUT2D eigenvalue weighted by Crippen LogP contribution is -2.29. The largest absolute Gasteiger partial charge is 0.465 e. The summed E-state index contributed by atoms with van der Waals surface area (Å²) in [7, 11) is 1.34. The van der Waals surface area contributed by atoms with Crippen LogP contribution in [-0.2, 0) is 16.7 Å². The van der Waals surface area contributed by atoms with Crippen LogP contribution in [0.1, 0.15) is 28.4 Å². The summed E-state index contributed by atoms with van der Waals surface area (Å²) in [5, 5.41) is 3.31. The molecule has 1 unspecified atom stereocenters. The Kier molecular flexibility index (Phi) is 3.12. The number of benzene rings is 1. The van der Waals surface area contributed by atoms with Crippen molar-refractivity contribution in [3.8, 4) is 0 Å². The number of hydrogen-bond donors (Lipinski definition) is 1. The molecule has 0 fully saturated rings. The molecule has 0 amide bonds. The molecule has 1 atom stereocenters. The van der Waals surface area contributed by atoms with Crippen LogP contribution in [-0.4, -0.2) is 18.1 Å². The molecule has 1 aliphatic heterocycles. The summed E-state index contributed by atoms with van der Waals surface area (Å²) >= 11 is 0. The Morgan fingerprint density at radius 1 is 1.43 bits per heavy atom. The Morgan fingerprint density at radius 2 is 2.24 bits per heavy atom. The highest BCUT2D eigenvalue weighted by Gasteiger charge is 2.35. The van der Waals surface area contributed by atoms with E-state index in [0.717, 1.165) is 16.9 Å². The second-order valence-electron chi connectivity index (χ2n) is 5.37. The van der Waals surface area contributed by atoms with Crippen LogP contribution >= 0.6 is 0 Å². The standard InChI is InChI=1S/C16H15FN2O2/c1-16(12-4-3-5-13(17)7-12)8-10-6-11(15(20)21-2)9-18-14(10)19-16/h3-7,9H,8H2,1-2H3,(H,18,19). The molecule has 21 heavy (non-hydrogen) atoms. The normalized spacial score (nSPS) is 19.8. The molecule has 0 spiro atoms. The van der Waals surface area contributed by atoms with E-state index >= 15 is 0 Å². The van der Waals surface area contributed by atoms with Gasteiger partial charge in [0.1, 0.15) is 11.6 Å². The van der Waals surface area contributed by atoms with E-state index in [2.05, 4.69) is 10.3 Å². The van der Waals surface area contributed by atoms with E-state index in [-0.39, 0.29) is 5.82 Å². The van der Waals surface area contributed by atoms with Crippen LogP contribution in [0.5, 0.6) is 0 Å². The van der Waals surface area contributed by atoms with Gasteiger partial charge in [-0.1, -0.05) is 12.1 Å². The molecule has 108 valence electrons. The van der Waals surface area contributed by atoms with Crippen molar-refractivity contribution in [2.75, 3.05) is 12.4 Å². The van der Waals surface area contributed by atoms with Crippen LogP contribution < -0.4 is 5.32 Å². The zero-order valence-electron chi connectivity index (χ0n) is 11.8. The van der Waals surface area contributed by atoms with E-state index in [4.69, 9.17) is 4.74 Å². The third-order valence-electron chi connectivity index (χ3n) is 3.79. The van der Waals surface area contributed by atoms with Crippen molar-refractivity contribution in [2.45, 2.75) is 18.9 Å². The zero-order valence-corrected chi connectivity index (χ0v) is 11.8. The molecule has 1 N–H and O–H groups in total. The molecule has 0 saturated carbocycles. The second-order valence-corrected chi connectivity index (χ2v) is 5.37. The van der Waals surface area contributed by atoms with Crippen LogP contribution in [0, 0.1) is 5.82 Å². The minimum atomic E-state index is -0.438. The number of methoxy groups -OCH3 is 1. The fraction of sp³-hybridized carbons (Fsp3) is 0.250. The first-order valence-corrected chi connectivity index (χ1v) is 6.63. The second kappa shape index (κ2) is 4.84. The minimum absolute atomic E-state index is 0.269. The highest BCUT2D eigenvalue weighted by Crippen LogP contribution is 2.38. The van der Waals surface area contributed by atoms with Gasteiger partial charge in [0, 0.05) is 12.6 Å². The lowest BCUT2D eigenvalue weighted by molar-refractivity contribution is 0.0600. The number of esters is 1. The van der Waals surface area contributed by atoms with Gasteiger partial charge in [0.2, 0.25) is 0 Å². The first-order chi connectivity index (χ1) is 10.0. The van der Waals surface area contributed by atoms with Crippen molar-refractivity contribution < 1.29 is 13.9 Å². The lowest BCUT2D eigenvalue weighted by Gasteiger charge is -2.25. The number of ether oxygens (including phenoxy) is 1.